The molecule has 0 aromatic heterocycles. The Balaban J connectivity index is 2.31. The molecule has 1 aliphatic heterocycles. The zero-order valence-electron chi connectivity index (χ0n) is 9.15. The molecular weight excluding hydrogens is 198 g/mol. The van der Waals surface area contributed by atoms with Crippen molar-refractivity contribution in [2.24, 2.45) is 5.92 Å². The molecule has 1 fully saturated rings. The fourth-order valence-electron chi connectivity index (χ4n) is 1.83. The molecule has 1 aliphatic rings. The normalized spacial score (nSPS) is 21.5. The third-order valence-corrected chi connectivity index (χ3v) is 2.50. The average Bonchev–Trinajstić information content (AvgIpc) is 2.27. The second-order valence-electron chi connectivity index (χ2n) is 3.75. The first-order chi connectivity index (χ1) is 7.27. The SMILES string of the molecule is COCC1CCCN(C(=O)OCCO)C1. The minimum Gasteiger partial charge on any atom is -0.447 e. The van der Waals surface area contributed by atoms with Crippen molar-refractivity contribution in [3.05, 3.63) is 0 Å². The Morgan fingerprint density at radius 1 is 1.60 bits per heavy atom. The van der Waals surface area contributed by atoms with Crippen LogP contribution in [0.3, 0.4) is 0 Å². The molecule has 0 aliphatic carbocycles. The van der Waals surface area contributed by atoms with E-state index in [9.17, 15) is 4.79 Å². The molecule has 1 amide bonds. The number of hydrogen-bond donors (Lipinski definition) is 1. The summed E-state index contributed by atoms with van der Waals surface area (Å²) in [6, 6.07) is 0. The number of methoxy groups -OCH3 is 1. The lowest BCUT2D eigenvalue weighted by molar-refractivity contribution is 0.0548. The summed E-state index contributed by atoms with van der Waals surface area (Å²) in [6.45, 7) is 2.07. The Morgan fingerprint density at radius 3 is 3.07 bits per heavy atom. The van der Waals surface area contributed by atoms with Crippen LogP contribution in [0.4, 0.5) is 4.79 Å². The van der Waals surface area contributed by atoms with Crippen LogP contribution in [0.15, 0.2) is 0 Å². The molecule has 0 radical (unpaired) electrons. The highest BCUT2D eigenvalue weighted by Gasteiger charge is 2.24. The summed E-state index contributed by atoms with van der Waals surface area (Å²) >= 11 is 0. The van der Waals surface area contributed by atoms with Gasteiger partial charge in [0, 0.05) is 26.1 Å². The van der Waals surface area contributed by atoms with Gasteiger partial charge in [0.2, 0.25) is 0 Å². The maximum Gasteiger partial charge on any atom is 0.409 e. The van der Waals surface area contributed by atoms with Gasteiger partial charge in [0.1, 0.15) is 6.61 Å². The van der Waals surface area contributed by atoms with E-state index in [2.05, 4.69) is 0 Å². The number of nitrogens with zero attached hydrogens (tertiary/aromatic N) is 1. The molecule has 0 aromatic carbocycles. The first-order valence-electron chi connectivity index (χ1n) is 5.29. The molecular formula is C10H19NO4. The van der Waals surface area contributed by atoms with Crippen LogP contribution in [0, 0.1) is 5.92 Å². The van der Waals surface area contributed by atoms with Crippen LogP contribution in [0.5, 0.6) is 0 Å². The van der Waals surface area contributed by atoms with Crippen molar-refractivity contribution in [1.82, 2.24) is 4.90 Å². The van der Waals surface area contributed by atoms with Gasteiger partial charge in [0.05, 0.1) is 13.2 Å². The van der Waals surface area contributed by atoms with E-state index in [4.69, 9.17) is 14.6 Å². The van der Waals surface area contributed by atoms with Crippen molar-refractivity contribution in [2.45, 2.75) is 12.8 Å². The molecule has 15 heavy (non-hydrogen) atoms. The zero-order chi connectivity index (χ0) is 11.1. The van der Waals surface area contributed by atoms with E-state index in [1.807, 2.05) is 0 Å². The number of amides is 1. The Morgan fingerprint density at radius 2 is 2.40 bits per heavy atom. The second kappa shape index (κ2) is 6.63. The van der Waals surface area contributed by atoms with Gasteiger partial charge in [0.15, 0.2) is 0 Å². The predicted molar refractivity (Wildman–Crippen MR) is 54.6 cm³/mol. The Hall–Kier alpha value is -0.810. The predicted octanol–water partition coefficient (Wildman–Crippen LogP) is 0.474. The number of aliphatic hydroxyl groups excluding tert-OH is 1. The minimum atomic E-state index is -0.329. The summed E-state index contributed by atoms with van der Waals surface area (Å²) in [7, 11) is 1.67. The average molecular weight is 217 g/mol. The molecule has 5 nitrogen and oxygen atoms in total. The van der Waals surface area contributed by atoms with Crippen molar-refractivity contribution < 1.29 is 19.4 Å². The van der Waals surface area contributed by atoms with Crippen molar-refractivity contribution in [1.29, 1.82) is 0 Å². The number of piperidine rings is 1. The number of carbonyl (C=O) groups excluding carboxylic acids is 1. The molecule has 0 aromatic rings. The number of likely N-dealkylation sites (tertiary alicyclic amines) is 1. The summed E-state index contributed by atoms with van der Waals surface area (Å²) in [5.74, 6) is 0.408. The molecule has 1 N–H and O–H groups in total. The fraction of sp³-hybridized carbons (Fsp3) is 0.900. The Labute approximate surface area is 90.0 Å². The van der Waals surface area contributed by atoms with Gasteiger partial charge < -0.3 is 19.5 Å². The molecule has 0 spiro atoms. The maximum absolute atomic E-state index is 11.5. The van der Waals surface area contributed by atoms with Crippen molar-refractivity contribution in [3.63, 3.8) is 0 Å². The standard InChI is InChI=1S/C10H19NO4/c1-14-8-9-3-2-4-11(7-9)10(13)15-6-5-12/h9,12H,2-8H2,1H3. The van der Waals surface area contributed by atoms with E-state index in [1.54, 1.807) is 12.0 Å². The molecule has 1 saturated heterocycles. The molecule has 1 rings (SSSR count). The molecule has 1 heterocycles. The van der Waals surface area contributed by atoms with E-state index in [-0.39, 0.29) is 19.3 Å². The van der Waals surface area contributed by atoms with E-state index in [1.165, 1.54) is 0 Å². The van der Waals surface area contributed by atoms with E-state index in [0.717, 1.165) is 19.4 Å². The van der Waals surface area contributed by atoms with Crippen molar-refractivity contribution in [3.8, 4) is 0 Å². The number of ether oxygens (including phenoxy) is 2. The van der Waals surface area contributed by atoms with E-state index in [0.29, 0.717) is 19.1 Å². The van der Waals surface area contributed by atoms with Crippen molar-refractivity contribution in [2.75, 3.05) is 40.0 Å². The highest BCUT2D eigenvalue weighted by atomic mass is 16.6. The molecule has 88 valence electrons. The quantitative estimate of drug-likeness (QED) is 0.744. The maximum atomic E-state index is 11.5. The number of carbonyl (C=O) groups is 1. The molecule has 1 unspecified atom stereocenters. The molecule has 0 saturated carbocycles. The van der Waals surface area contributed by atoms with Gasteiger partial charge in [0.25, 0.3) is 0 Å². The topological polar surface area (TPSA) is 59.0 Å². The van der Waals surface area contributed by atoms with Gasteiger partial charge in [-0.25, -0.2) is 4.79 Å². The van der Waals surface area contributed by atoms with Crippen molar-refractivity contribution >= 4 is 6.09 Å². The van der Waals surface area contributed by atoms with Gasteiger partial charge in [-0.3, -0.25) is 0 Å². The smallest absolute Gasteiger partial charge is 0.409 e. The summed E-state index contributed by atoms with van der Waals surface area (Å²) in [4.78, 5) is 13.1. The highest BCUT2D eigenvalue weighted by Crippen LogP contribution is 2.17. The van der Waals surface area contributed by atoms with Gasteiger partial charge >= 0.3 is 6.09 Å². The fourth-order valence-corrected chi connectivity index (χ4v) is 1.83. The minimum absolute atomic E-state index is 0.0737. The second-order valence-corrected chi connectivity index (χ2v) is 3.75. The van der Waals surface area contributed by atoms with E-state index < -0.39 is 0 Å². The van der Waals surface area contributed by atoms with Crippen LogP contribution >= 0.6 is 0 Å². The van der Waals surface area contributed by atoms with Crippen LogP contribution in [0.25, 0.3) is 0 Å². The molecule has 1 atom stereocenters. The third kappa shape index (κ3) is 4.05. The van der Waals surface area contributed by atoms with Crippen LogP contribution in [-0.4, -0.2) is 56.1 Å². The number of rotatable bonds is 4. The highest BCUT2D eigenvalue weighted by molar-refractivity contribution is 5.67. The first kappa shape index (κ1) is 12.3. The van der Waals surface area contributed by atoms with E-state index >= 15 is 0 Å². The van der Waals surface area contributed by atoms with Gasteiger partial charge in [-0.05, 0) is 12.8 Å². The third-order valence-electron chi connectivity index (χ3n) is 2.50. The summed E-state index contributed by atoms with van der Waals surface area (Å²) < 4.78 is 9.93. The lowest BCUT2D eigenvalue weighted by Gasteiger charge is -2.31. The molecule has 5 heteroatoms. The zero-order valence-corrected chi connectivity index (χ0v) is 9.15. The van der Waals surface area contributed by atoms with Gasteiger partial charge in [-0.1, -0.05) is 0 Å². The number of hydrogen-bond acceptors (Lipinski definition) is 4. The monoisotopic (exact) mass is 217 g/mol. The Bertz CT molecular complexity index is 196. The van der Waals surface area contributed by atoms with Gasteiger partial charge in [-0.15, -0.1) is 0 Å². The molecule has 0 bridgehead atoms. The lowest BCUT2D eigenvalue weighted by Crippen LogP contribution is -2.41. The van der Waals surface area contributed by atoms with Crippen LogP contribution in [0.2, 0.25) is 0 Å². The summed E-state index contributed by atoms with van der Waals surface area (Å²) in [6.07, 6.45) is 1.75. The Kier molecular flexibility index (Phi) is 5.42. The van der Waals surface area contributed by atoms with Crippen LogP contribution < -0.4 is 0 Å². The summed E-state index contributed by atoms with van der Waals surface area (Å²) in [5, 5.41) is 8.53. The number of aliphatic hydroxyl groups is 1. The van der Waals surface area contributed by atoms with Crippen LogP contribution in [0.1, 0.15) is 12.8 Å². The van der Waals surface area contributed by atoms with Gasteiger partial charge in [-0.2, -0.15) is 0 Å². The first-order valence-corrected chi connectivity index (χ1v) is 5.29. The summed E-state index contributed by atoms with van der Waals surface area (Å²) in [5.41, 5.74) is 0. The largest absolute Gasteiger partial charge is 0.447 e. The van der Waals surface area contributed by atoms with Crippen LogP contribution in [-0.2, 0) is 9.47 Å². The lowest BCUT2D eigenvalue weighted by atomic mass is 9.99.